The number of aromatic carboxylic acids is 1. The fraction of sp³-hybridized carbons (Fsp3) is 0.316. The number of carboxylic acids is 1. The molecule has 1 aliphatic carbocycles. The van der Waals surface area contributed by atoms with E-state index in [1.54, 1.807) is 0 Å². The standard InChI is InChI=1S/C13H16N2O4.C6H7N/c16-13(17)9-6-7-11(12(8-9)15(18)19)14-10-4-2-1-3-5-10;7-6-4-2-1-3-5-6/h6-8,10,14H,1-5H2,(H,16,17);1-5H,7H2. The number of nitrogens with two attached hydrogens (primary N) is 1. The van der Waals surface area contributed by atoms with E-state index in [4.69, 9.17) is 10.8 Å². The first kappa shape index (κ1) is 19.2. The maximum atomic E-state index is 11.0. The highest BCUT2D eigenvalue weighted by Crippen LogP contribution is 2.29. The number of rotatable bonds is 4. The van der Waals surface area contributed by atoms with Crippen molar-refractivity contribution in [2.75, 3.05) is 11.1 Å². The molecule has 0 radical (unpaired) electrons. The maximum Gasteiger partial charge on any atom is 0.335 e. The molecule has 1 aliphatic rings. The number of nitro benzene ring substituents is 1. The number of hydrogen-bond donors (Lipinski definition) is 3. The van der Waals surface area contributed by atoms with Crippen LogP contribution in [0.1, 0.15) is 42.5 Å². The van der Waals surface area contributed by atoms with Gasteiger partial charge in [-0.25, -0.2) is 4.79 Å². The van der Waals surface area contributed by atoms with Gasteiger partial charge in [0.05, 0.1) is 10.5 Å². The van der Waals surface area contributed by atoms with Gasteiger partial charge in [0, 0.05) is 17.8 Å². The zero-order valence-electron chi connectivity index (χ0n) is 14.4. The monoisotopic (exact) mass is 357 g/mol. The molecule has 138 valence electrons. The van der Waals surface area contributed by atoms with Crippen LogP contribution in [0.2, 0.25) is 0 Å². The van der Waals surface area contributed by atoms with Crippen LogP contribution in [0.3, 0.4) is 0 Å². The number of nitrogens with zero attached hydrogens (tertiary/aromatic N) is 1. The molecule has 4 N–H and O–H groups in total. The lowest BCUT2D eigenvalue weighted by atomic mass is 9.95. The van der Waals surface area contributed by atoms with E-state index in [0.717, 1.165) is 37.4 Å². The van der Waals surface area contributed by atoms with Crippen LogP contribution in [0.4, 0.5) is 17.1 Å². The number of anilines is 2. The molecule has 1 saturated carbocycles. The second-order valence-electron chi connectivity index (χ2n) is 6.18. The average Bonchev–Trinajstić information content (AvgIpc) is 2.64. The van der Waals surface area contributed by atoms with Gasteiger partial charge in [-0.1, -0.05) is 37.5 Å². The van der Waals surface area contributed by atoms with Gasteiger partial charge in [-0.2, -0.15) is 0 Å². The first-order chi connectivity index (χ1) is 12.5. The fourth-order valence-electron chi connectivity index (χ4n) is 2.86. The smallest absolute Gasteiger partial charge is 0.335 e. The van der Waals surface area contributed by atoms with E-state index in [1.807, 2.05) is 30.3 Å². The Morgan fingerprint density at radius 3 is 2.27 bits per heavy atom. The Labute approximate surface area is 152 Å². The molecule has 1 fully saturated rings. The summed E-state index contributed by atoms with van der Waals surface area (Å²) in [6, 6.07) is 13.7. The third kappa shape index (κ3) is 5.77. The molecule has 0 atom stereocenters. The van der Waals surface area contributed by atoms with E-state index in [-0.39, 0.29) is 17.3 Å². The zero-order chi connectivity index (χ0) is 18.9. The van der Waals surface area contributed by atoms with Gasteiger partial charge in [-0.05, 0) is 37.1 Å². The van der Waals surface area contributed by atoms with Crippen LogP contribution in [0.5, 0.6) is 0 Å². The van der Waals surface area contributed by atoms with Crippen LogP contribution in [0.25, 0.3) is 0 Å². The normalized spacial score (nSPS) is 14.0. The van der Waals surface area contributed by atoms with Crippen molar-refractivity contribution in [2.24, 2.45) is 0 Å². The van der Waals surface area contributed by atoms with Crippen LogP contribution in [-0.2, 0) is 0 Å². The Kier molecular flexibility index (Phi) is 6.96. The number of hydrogen-bond acceptors (Lipinski definition) is 5. The number of carboxylic acid groups (broad SMARTS) is 1. The van der Waals surface area contributed by atoms with Crippen molar-refractivity contribution in [1.82, 2.24) is 0 Å². The summed E-state index contributed by atoms with van der Waals surface area (Å²) in [4.78, 5) is 21.3. The Morgan fingerprint density at radius 2 is 1.77 bits per heavy atom. The van der Waals surface area contributed by atoms with Gasteiger partial charge < -0.3 is 16.2 Å². The lowest BCUT2D eigenvalue weighted by Crippen LogP contribution is -2.22. The maximum absolute atomic E-state index is 11.0. The predicted octanol–water partition coefficient (Wildman–Crippen LogP) is 4.31. The molecule has 0 spiro atoms. The highest BCUT2D eigenvalue weighted by molar-refractivity contribution is 5.89. The minimum absolute atomic E-state index is 0.0686. The van der Waals surface area contributed by atoms with E-state index < -0.39 is 10.9 Å². The van der Waals surface area contributed by atoms with Crippen molar-refractivity contribution in [3.05, 3.63) is 64.2 Å². The Morgan fingerprint density at radius 1 is 1.12 bits per heavy atom. The number of nitro groups is 1. The van der Waals surface area contributed by atoms with Crippen LogP contribution in [0, 0.1) is 10.1 Å². The number of nitrogen functional groups attached to an aromatic ring is 1. The van der Waals surface area contributed by atoms with E-state index in [0.29, 0.717) is 5.69 Å². The molecule has 0 bridgehead atoms. The SMILES string of the molecule is Nc1ccccc1.O=C(O)c1ccc(NC2CCCCC2)c([N+](=O)[O-])c1. The van der Waals surface area contributed by atoms with Crippen LogP contribution in [-0.4, -0.2) is 22.0 Å². The second kappa shape index (κ2) is 9.41. The van der Waals surface area contributed by atoms with Crippen molar-refractivity contribution in [1.29, 1.82) is 0 Å². The van der Waals surface area contributed by atoms with Crippen LogP contribution >= 0.6 is 0 Å². The van der Waals surface area contributed by atoms with Gasteiger partial charge in [0.1, 0.15) is 5.69 Å². The topological polar surface area (TPSA) is 118 Å². The van der Waals surface area contributed by atoms with E-state index in [2.05, 4.69) is 5.32 Å². The van der Waals surface area contributed by atoms with Crippen LogP contribution in [0.15, 0.2) is 48.5 Å². The molecule has 2 aromatic rings. The molecule has 7 nitrogen and oxygen atoms in total. The second-order valence-corrected chi connectivity index (χ2v) is 6.18. The lowest BCUT2D eigenvalue weighted by Gasteiger charge is -2.23. The molecule has 0 heterocycles. The van der Waals surface area contributed by atoms with Gasteiger partial charge in [0.25, 0.3) is 5.69 Å². The molecule has 3 rings (SSSR count). The van der Waals surface area contributed by atoms with Gasteiger partial charge in [-0.15, -0.1) is 0 Å². The minimum atomic E-state index is -1.16. The third-order valence-electron chi connectivity index (χ3n) is 4.21. The summed E-state index contributed by atoms with van der Waals surface area (Å²) in [5.41, 5.74) is 6.34. The first-order valence-corrected chi connectivity index (χ1v) is 8.56. The summed E-state index contributed by atoms with van der Waals surface area (Å²) >= 11 is 0. The van der Waals surface area contributed by atoms with Crippen molar-refractivity contribution < 1.29 is 14.8 Å². The average molecular weight is 357 g/mol. The van der Waals surface area contributed by atoms with Crippen molar-refractivity contribution in [2.45, 2.75) is 38.1 Å². The van der Waals surface area contributed by atoms with Crippen molar-refractivity contribution in [3.8, 4) is 0 Å². The van der Waals surface area contributed by atoms with E-state index in [1.165, 1.54) is 18.6 Å². The third-order valence-corrected chi connectivity index (χ3v) is 4.21. The molecular weight excluding hydrogens is 334 g/mol. The quantitative estimate of drug-likeness (QED) is 0.426. The molecule has 7 heteroatoms. The number of para-hydroxylation sites is 1. The summed E-state index contributed by atoms with van der Waals surface area (Å²) in [5.74, 6) is -1.16. The highest BCUT2D eigenvalue weighted by Gasteiger charge is 2.20. The molecule has 0 unspecified atom stereocenters. The Bertz CT molecular complexity index is 744. The number of benzene rings is 2. The van der Waals surface area contributed by atoms with Gasteiger partial charge in [0.15, 0.2) is 0 Å². The lowest BCUT2D eigenvalue weighted by molar-refractivity contribution is -0.384. The molecule has 0 aromatic heterocycles. The van der Waals surface area contributed by atoms with Crippen LogP contribution < -0.4 is 11.1 Å². The highest BCUT2D eigenvalue weighted by atomic mass is 16.6. The molecule has 0 aliphatic heterocycles. The van der Waals surface area contributed by atoms with Gasteiger partial charge >= 0.3 is 5.97 Å². The zero-order valence-corrected chi connectivity index (χ0v) is 14.4. The van der Waals surface area contributed by atoms with E-state index >= 15 is 0 Å². The number of nitrogens with one attached hydrogen (secondary N) is 1. The van der Waals surface area contributed by atoms with Gasteiger partial charge in [-0.3, -0.25) is 10.1 Å². The van der Waals surface area contributed by atoms with Gasteiger partial charge in [0.2, 0.25) is 0 Å². The largest absolute Gasteiger partial charge is 0.478 e. The fourth-order valence-corrected chi connectivity index (χ4v) is 2.86. The Hall–Kier alpha value is -3.09. The van der Waals surface area contributed by atoms with E-state index in [9.17, 15) is 14.9 Å². The summed E-state index contributed by atoms with van der Waals surface area (Å²) in [7, 11) is 0. The molecule has 0 amide bonds. The molecular formula is C19H23N3O4. The first-order valence-electron chi connectivity index (χ1n) is 8.56. The Balaban J connectivity index is 0.000000290. The molecule has 0 saturated heterocycles. The summed E-state index contributed by atoms with van der Waals surface area (Å²) in [6.07, 6.45) is 5.45. The summed E-state index contributed by atoms with van der Waals surface area (Å²) in [6.45, 7) is 0. The van der Waals surface area contributed by atoms with Crippen molar-refractivity contribution in [3.63, 3.8) is 0 Å². The molecule has 26 heavy (non-hydrogen) atoms. The van der Waals surface area contributed by atoms with Crippen molar-refractivity contribution >= 4 is 23.0 Å². The summed E-state index contributed by atoms with van der Waals surface area (Å²) < 4.78 is 0. The minimum Gasteiger partial charge on any atom is -0.478 e. The number of carbonyl (C=O) groups is 1. The predicted molar refractivity (Wildman–Crippen MR) is 101 cm³/mol. The molecule has 2 aromatic carbocycles. The summed E-state index contributed by atoms with van der Waals surface area (Å²) in [5, 5.41) is 23.0.